The minimum atomic E-state index is -0.129. The van der Waals surface area contributed by atoms with Crippen molar-refractivity contribution in [3.05, 3.63) is 24.3 Å². The molecule has 114 valence electrons. The van der Waals surface area contributed by atoms with Crippen molar-refractivity contribution in [2.45, 2.75) is 26.4 Å². The first-order valence-corrected chi connectivity index (χ1v) is 7.16. The number of urea groups is 1. The van der Waals surface area contributed by atoms with Gasteiger partial charge in [0.25, 0.3) is 0 Å². The third kappa shape index (κ3) is 4.46. The first kappa shape index (κ1) is 15.3. The molecule has 1 saturated heterocycles. The first-order valence-electron chi connectivity index (χ1n) is 7.16. The van der Waals surface area contributed by atoms with Gasteiger partial charge < -0.3 is 20.3 Å². The zero-order chi connectivity index (χ0) is 15.2. The molecule has 0 spiro atoms. The molecule has 0 aliphatic carbocycles. The summed E-state index contributed by atoms with van der Waals surface area (Å²) in [6.45, 7) is 5.51. The zero-order valence-corrected chi connectivity index (χ0v) is 12.4. The molecule has 6 nitrogen and oxygen atoms in total. The van der Waals surface area contributed by atoms with Crippen molar-refractivity contribution in [3.8, 4) is 0 Å². The monoisotopic (exact) mass is 291 g/mol. The van der Waals surface area contributed by atoms with E-state index in [1.54, 1.807) is 36.1 Å². The van der Waals surface area contributed by atoms with Crippen molar-refractivity contribution in [1.29, 1.82) is 0 Å². The number of nitrogens with one attached hydrogen (secondary N) is 2. The number of carbonyl (C=O) groups excluding carboxylic acids is 2. The number of morpholine rings is 1. The second-order valence-corrected chi connectivity index (χ2v) is 5.04. The normalized spacial score (nSPS) is 18.2. The minimum Gasteiger partial charge on any atom is -0.375 e. The number of nitrogens with zero attached hydrogens (tertiary/aromatic N) is 1. The molecule has 0 aromatic heterocycles. The number of hydrogen-bond donors (Lipinski definition) is 2. The van der Waals surface area contributed by atoms with Crippen LogP contribution in [0.2, 0.25) is 0 Å². The van der Waals surface area contributed by atoms with Crippen molar-refractivity contribution >= 4 is 23.3 Å². The number of rotatable bonds is 3. The molecule has 21 heavy (non-hydrogen) atoms. The summed E-state index contributed by atoms with van der Waals surface area (Å²) in [7, 11) is 0. The summed E-state index contributed by atoms with van der Waals surface area (Å²) in [5.74, 6) is -0.0333. The fraction of sp³-hybridized carbons (Fsp3) is 0.467. The Balaban J connectivity index is 1.90. The molecule has 1 atom stereocenters. The molecular formula is C15H21N3O3. The van der Waals surface area contributed by atoms with Crippen LogP contribution in [0.25, 0.3) is 0 Å². The van der Waals surface area contributed by atoms with Crippen LogP contribution in [-0.4, -0.2) is 42.6 Å². The third-order valence-corrected chi connectivity index (χ3v) is 3.27. The van der Waals surface area contributed by atoms with Crippen LogP contribution in [-0.2, 0) is 9.53 Å². The van der Waals surface area contributed by atoms with E-state index in [2.05, 4.69) is 10.6 Å². The second-order valence-electron chi connectivity index (χ2n) is 5.04. The maximum absolute atomic E-state index is 12.1. The fourth-order valence-corrected chi connectivity index (χ4v) is 2.09. The highest BCUT2D eigenvalue weighted by atomic mass is 16.5. The van der Waals surface area contributed by atoms with Crippen LogP contribution in [0.15, 0.2) is 24.3 Å². The van der Waals surface area contributed by atoms with Crippen LogP contribution < -0.4 is 10.6 Å². The number of carbonyl (C=O) groups is 2. The SMILES string of the molecule is CCC(=O)Nc1ccc(NC(=O)N2CCOC(C)C2)cc1. The van der Waals surface area contributed by atoms with E-state index in [0.717, 1.165) is 5.69 Å². The summed E-state index contributed by atoms with van der Waals surface area (Å²) in [6.07, 6.45) is 0.504. The van der Waals surface area contributed by atoms with E-state index < -0.39 is 0 Å². The lowest BCUT2D eigenvalue weighted by atomic mass is 10.2. The summed E-state index contributed by atoms with van der Waals surface area (Å²) in [6, 6.07) is 6.95. The maximum atomic E-state index is 12.1. The van der Waals surface area contributed by atoms with Gasteiger partial charge in [-0.1, -0.05) is 6.92 Å². The number of anilines is 2. The maximum Gasteiger partial charge on any atom is 0.322 e. The van der Waals surface area contributed by atoms with E-state index in [9.17, 15) is 9.59 Å². The lowest BCUT2D eigenvalue weighted by Crippen LogP contribution is -2.46. The topological polar surface area (TPSA) is 70.7 Å². The quantitative estimate of drug-likeness (QED) is 0.897. The highest BCUT2D eigenvalue weighted by molar-refractivity contribution is 5.92. The molecule has 2 rings (SSSR count). The summed E-state index contributed by atoms with van der Waals surface area (Å²) >= 11 is 0. The lowest BCUT2D eigenvalue weighted by Gasteiger charge is -2.31. The predicted octanol–water partition coefficient (Wildman–Crippen LogP) is 2.29. The molecule has 0 saturated carbocycles. The van der Waals surface area contributed by atoms with E-state index in [1.165, 1.54) is 0 Å². The molecule has 1 fully saturated rings. The molecule has 0 bridgehead atoms. The van der Waals surface area contributed by atoms with Crippen LogP contribution >= 0.6 is 0 Å². The van der Waals surface area contributed by atoms with Crippen LogP contribution in [0.4, 0.5) is 16.2 Å². The van der Waals surface area contributed by atoms with Crippen molar-refractivity contribution in [3.63, 3.8) is 0 Å². The molecule has 1 heterocycles. The molecule has 2 N–H and O–H groups in total. The molecule has 0 radical (unpaired) electrons. The smallest absolute Gasteiger partial charge is 0.322 e. The summed E-state index contributed by atoms with van der Waals surface area (Å²) in [5, 5.41) is 5.61. The van der Waals surface area contributed by atoms with E-state index >= 15 is 0 Å². The van der Waals surface area contributed by atoms with Crippen LogP contribution in [0.1, 0.15) is 20.3 Å². The van der Waals surface area contributed by atoms with Gasteiger partial charge in [-0.3, -0.25) is 4.79 Å². The van der Waals surface area contributed by atoms with Crippen LogP contribution in [0.3, 0.4) is 0 Å². The van der Waals surface area contributed by atoms with Gasteiger partial charge in [0.2, 0.25) is 5.91 Å². The second kappa shape index (κ2) is 7.08. The number of ether oxygens (including phenoxy) is 1. The van der Waals surface area contributed by atoms with Gasteiger partial charge in [-0.05, 0) is 31.2 Å². The van der Waals surface area contributed by atoms with Crippen molar-refractivity contribution < 1.29 is 14.3 Å². The Morgan fingerprint density at radius 2 is 1.86 bits per heavy atom. The molecule has 6 heteroatoms. The Morgan fingerprint density at radius 1 is 1.24 bits per heavy atom. The standard InChI is InChI=1S/C15H21N3O3/c1-3-14(19)16-12-4-6-13(7-5-12)17-15(20)18-8-9-21-11(2)10-18/h4-7,11H,3,8-10H2,1-2H3,(H,16,19)(H,17,20). The zero-order valence-electron chi connectivity index (χ0n) is 12.4. The van der Waals surface area contributed by atoms with E-state index in [1.807, 2.05) is 6.92 Å². The van der Waals surface area contributed by atoms with Gasteiger partial charge >= 0.3 is 6.03 Å². The number of hydrogen-bond acceptors (Lipinski definition) is 3. The molecule has 1 aromatic carbocycles. The Hall–Kier alpha value is -2.08. The van der Waals surface area contributed by atoms with E-state index in [0.29, 0.717) is 31.8 Å². The van der Waals surface area contributed by atoms with E-state index in [-0.39, 0.29) is 18.0 Å². The summed E-state index contributed by atoms with van der Waals surface area (Å²) in [5.41, 5.74) is 1.42. The average molecular weight is 291 g/mol. The van der Waals surface area contributed by atoms with Gasteiger partial charge in [-0.2, -0.15) is 0 Å². The molecule has 1 aromatic rings. The Bertz CT molecular complexity index is 501. The first-order chi connectivity index (χ1) is 10.1. The molecule has 3 amide bonds. The molecule has 1 unspecified atom stereocenters. The Morgan fingerprint density at radius 3 is 2.43 bits per heavy atom. The molecular weight excluding hydrogens is 270 g/mol. The molecule has 1 aliphatic heterocycles. The number of amides is 3. The Labute approximate surface area is 124 Å². The minimum absolute atomic E-state index is 0.0333. The van der Waals surface area contributed by atoms with Gasteiger partial charge in [0.1, 0.15) is 0 Å². The van der Waals surface area contributed by atoms with E-state index in [4.69, 9.17) is 4.74 Å². The molecule has 1 aliphatic rings. The third-order valence-electron chi connectivity index (χ3n) is 3.27. The fourth-order valence-electron chi connectivity index (χ4n) is 2.09. The summed E-state index contributed by atoms with van der Waals surface area (Å²) < 4.78 is 5.41. The average Bonchev–Trinajstić information content (AvgIpc) is 2.49. The van der Waals surface area contributed by atoms with Crippen molar-refractivity contribution in [2.24, 2.45) is 0 Å². The highest BCUT2D eigenvalue weighted by Crippen LogP contribution is 2.15. The van der Waals surface area contributed by atoms with Gasteiger partial charge in [0.15, 0.2) is 0 Å². The highest BCUT2D eigenvalue weighted by Gasteiger charge is 2.21. The van der Waals surface area contributed by atoms with Gasteiger partial charge in [0.05, 0.1) is 12.7 Å². The van der Waals surface area contributed by atoms with Crippen LogP contribution in [0.5, 0.6) is 0 Å². The summed E-state index contributed by atoms with van der Waals surface area (Å²) in [4.78, 5) is 25.1. The van der Waals surface area contributed by atoms with Crippen LogP contribution in [0, 0.1) is 0 Å². The lowest BCUT2D eigenvalue weighted by molar-refractivity contribution is -0.115. The van der Waals surface area contributed by atoms with Crippen molar-refractivity contribution in [1.82, 2.24) is 4.90 Å². The van der Waals surface area contributed by atoms with Gasteiger partial charge in [0, 0.05) is 30.9 Å². The predicted molar refractivity (Wildman–Crippen MR) is 81.4 cm³/mol. The van der Waals surface area contributed by atoms with Gasteiger partial charge in [-0.15, -0.1) is 0 Å². The largest absolute Gasteiger partial charge is 0.375 e. The Kier molecular flexibility index (Phi) is 5.16. The van der Waals surface area contributed by atoms with Crippen molar-refractivity contribution in [2.75, 3.05) is 30.3 Å². The number of benzene rings is 1. The van der Waals surface area contributed by atoms with Gasteiger partial charge in [-0.25, -0.2) is 4.79 Å².